The molecule has 1 aliphatic rings. The van der Waals surface area contributed by atoms with Crippen molar-refractivity contribution in [3.63, 3.8) is 0 Å². The number of hydrogen-bond acceptors (Lipinski definition) is 4. The minimum atomic E-state index is -0.872. The molecule has 0 fully saturated rings. The number of nitrogens with zero attached hydrogens (tertiary/aromatic N) is 1. The number of carboxylic acids is 1. The highest BCUT2D eigenvalue weighted by Crippen LogP contribution is 1.91. The van der Waals surface area contributed by atoms with Gasteiger partial charge in [0.05, 0.1) is 0 Å². The lowest BCUT2D eigenvalue weighted by Gasteiger charge is -2.06. The van der Waals surface area contributed by atoms with Crippen LogP contribution in [0.2, 0.25) is 0 Å². The molecule has 0 saturated carbocycles. The van der Waals surface area contributed by atoms with Gasteiger partial charge in [-0.15, -0.1) is 0 Å². The molecule has 12 heavy (non-hydrogen) atoms. The van der Waals surface area contributed by atoms with Crippen LogP contribution in [-0.4, -0.2) is 36.7 Å². The number of hydrogen-bond donors (Lipinski definition) is 3. The first kappa shape index (κ1) is 8.83. The Morgan fingerprint density at radius 3 is 3.25 bits per heavy atom. The lowest BCUT2D eigenvalue weighted by Crippen LogP contribution is -2.39. The molecule has 0 aromatic rings. The molecule has 5 nitrogen and oxygen atoms in total. The summed E-state index contributed by atoms with van der Waals surface area (Å²) >= 11 is 0. The fourth-order valence-corrected chi connectivity index (χ4v) is 0.968. The molecule has 0 amide bonds. The van der Waals surface area contributed by atoms with Gasteiger partial charge in [0.25, 0.3) is 0 Å². The van der Waals surface area contributed by atoms with E-state index in [9.17, 15) is 4.79 Å². The molecular formula is C7H13N3O2. The van der Waals surface area contributed by atoms with Gasteiger partial charge in [-0.05, 0) is 12.8 Å². The van der Waals surface area contributed by atoms with Gasteiger partial charge in [-0.25, -0.2) is 0 Å². The van der Waals surface area contributed by atoms with Gasteiger partial charge < -0.3 is 15.7 Å². The largest absolute Gasteiger partial charge is 0.480 e. The Balaban J connectivity index is 2.28. The summed E-state index contributed by atoms with van der Waals surface area (Å²) in [5, 5.41) is 14.1. The maximum Gasteiger partial charge on any atom is 0.322 e. The zero-order valence-corrected chi connectivity index (χ0v) is 6.84. The van der Waals surface area contributed by atoms with Crippen LogP contribution in [0.1, 0.15) is 12.8 Å². The van der Waals surface area contributed by atoms with E-state index in [0.29, 0.717) is 5.96 Å². The van der Waals surface area contributed by atoms with Gasteiger partial charge >= 0.3 is 5.97 Å². The van der Waals surface area contributed by atoms with Crippen molar-refractivity contribution in [2.45, 2.75) is 12.8 Å². The summed E-state index contributed by atoms with van der Waals surface area (Å²) < 4.78 is 0. The summed E-state index contributed by atoms with van der Waals surface area (Å²) in [4.78, 5) is 14.3. The number of nitrogens with one attached hydrogen (secondary N) is 2. The van der Waals surface area contributed by atoms with Crippen LogP contribution in [0.5, 0.6) is 0 Å². The summed E-state index contributed by atoms with van der Waals surface area (Å²) in [7, 11) is 0. The maximum atomic E-state index is 10.2. The molecule has 5 heteroatoms. The second-order valence-corrected chi connectivity index (χ2v) is 2.61. The Bertz CT molecular complexity index is 191. The second kappa shape index (κ2) is 4.58. The minimum Gasteiger partial charge on any atom is -0.480 e. The molecular weight excluding hydrogens is 158 g/mol. The summed E-state index contributed by atoms with van der Waals surface area (Å²) in [6, 6.07) is 0. The first-order chi connectivity index (χ1) is 5.79. The minimum absolute atomic E-state index is 0.0775. The van der Waals surface area contributed by atoms with Crippen LogP contribution in [0.25, 0.3) is 0 Å². The fourth-order valence-electron chi connectivity index (χ4n) is 0.968. The molecule has 0 bridgehead atoms. The van der Waals surface area contributed by atoms with Crippen molar-refractivity contribution in [3.8, 4) is 0 Å². The predicted molar refractivity (Wildman–Crippen MR) is 45.2 cm³/mol. The van der Waals surface area contributed by atoms with Crippen molar-refractivity contribution in [3.05, 3.63) is 0 Å². The average molecular weight is 171 g/mol. The van der Waals surface area contributed by atoms with Crippen LogP contribution in [-0.2, 0) is 4.79 Å². The summed E-state index contributed by atoms with van der Waals surface area (Å²) in [6.07, 6.45) is 2.15. The molecule has 68 valence electrons. The van der Waals surface area contributed by atoms with Crippen molar-refractivity contribution in [2.75, 3.05) is 19.6 Å². The highest BCUT2D eigenvalue weighted by Gasteiger charge is 2.03. The van der Waals surface area contributed by atoms with Gasteiger partial charge in [0.15, 0.2) is 5.96 Å². The smallest absolute Gasteiger partial charge is 0.322 e. The third-order valence-electron chi connectivity index (χ3n) is 1.55. The predicted octanol–water partition coefficient (Wildman–Crippen LogP) is -0.600. The van der Waals surface area contributed by atoms with Crippen LogP contribution >= 0.6 is 0 Å². The van der Waals surface area contributed by atoms with E-state index in [1.807, 2.05) is 0 Å². The quantitative estimate of drug-likeness (QED) is 0.518. The van der Waals surface area contributed by atoms with Crippen LogP contribution in [0, 0.1) is 0 Å². The Kier molecular flexibility index (Phi) is 3.37. The lowest BCUT2D eigenvalue weighted by molar-refractivity contribution is -0.135. The van der Waals surface area contributed by atoms with Crippen LogP contribution < -0.4 is 10.6 Å². The fraction of sp³-hybridized carbons (Fsp3) is 0.714. The van der Waals surface area contributed by atoms with Crippen LogP contribution in [0.15, 0.2) is 4.99 Å². The summed E-state index contributed by atoms with van der Waals surface area (Å²) in [6.45, 7) is 1.56. The molecule has 1 aliphatic heterocycles. The van der Waals surface area contributed by atoms with Crippen molar-refractivity contribution in [1.82, 2.24) is 10.6 Å². The van der Waals surface area contributed by atoms with E-state index in [1.165, 1.54) is 0 Å². The molecule has 1 rings (SSSR count). The topological polar surface area (TPSA) is 73.7 Å². The zero-order valence-electron chi connectivity index (χ0n) is 6.84. The first-order valence-electron chi connectivity index (χ1n) is 4.03. The third kappa shape index (κ3) is 3.23. The van der Waals surface area contributed by atoms with E-state index in [1.54, 1.807) is 0 Å². The molecule has 0 aromatic carbocycles. The molecule has 0 aromatic heterocycles. The molecule has 0 atom stereocenters. The van der Waals surface area contributed by atoms with E-state index in [2.05, 4.69) is 15.6 Å². The summed E-state index contributed by atoms with van der Waals surface area (Å²) in [5.41, 5.74) is 0. The van der Waals surface area contributed by atoms with Gasteiger partial charge in [-0.1, -0.05) is 0 Å². The zero-order chi connectivity index (χ0) is 8.81. The molecule has 3 N–H and O–H groups in total. The molecule has 0 unspecified atom stereocenters. The van der Waals surface area contributed by atoms with Crippen molar-refractivity contribution in [2.24, 2.45) is 4.99 Å². The number of carbonyl (C=O) groups is 1. The van der Waals surface area contributed by atoms with Crippen molar-refractivity contribution in [1.29, 1.82) is 0 Å². The first-order valence-corrected chi connectivity index (χ1v) is 4.03. The summed E-state index contributed by atoms with van der Waals surface area (Å²) in [5.74, 6) is -0.265. The van der Waals surface area contributed by atoms with Gasteiger partial charge in [0, 0.05) is 13.1 Å². The van der Waals surface area contributed by atoms with Gasteiger partial charge in [-0.3, -0.25) is 9.79 Å². The SMILES string of the molecule is O=C(O)CNC1=NCCCCN1. The van der Waals surface area contributed by atoms with E-state index in [0.717, 1.165) is 25.9 Å². The molecule has 0 aliphatic carbocycles. The van der Waals surface area contributed by atoms with Crippen LogP contribution in [0.4, 0.5) is 0 Å². The maximum absolute atomic E-state index is 10.2. The molecule has 0 radical (unpaired) electrons. The number of aliphatic carboxylic acids is 1. The molecule has 1 heterocycles. The van der Waals surface area contributed by atoms with Crippen molar-refractivity contribution < 1.29 is 9.90 Å². The monoisotopic (exact) mass is 171 g/mol. The third-order valence-corrected chi connectivity index (χ3v) is 1.55. The second-order valence-electron chi connectivity index (χ2n) is 2.61. The van der Waals surface area contributed by atoms with Crippen LogP contribution in [0.3, 0.4) is 0 Å². The van der Waals surface area contributed by atoms with E-state index >= 15 is 0 Å². The van der Waals surface area contributed by atoms with Gasteiger partial charge in [-0.2, -0.15) is 0 Å². The Morgan fingerprint density at radius 1 is 1.67 bits per heavy atom. The van der Waals surface area contributed by atoms with E-state index in [-0.39, 0.29) is 6.54 Å². The molecule has 0 saturated heterocycles. The van der Waals surface area contributed by atoms with E-state index < -0.39 is 5.97 Å². The molecule has 0 spiro atoms. The Morgan fingerprint density at radius 2 is 2.50 bits per heavy atom. The standard InChI is InChI=1S/C7H13N3O2/c11-6(12)5-10-7-8-3-1-2-4-9-7/h1-5H2,(H,11,12)(H2,8,9,10). The number of aliphatic imine (C=N–C) groups is 1. The highest BCUT2D eigenvalue weighted by atomic mass is 16.4. The number of guanidine groups is 1. The van der Waals surface area contributed by atoms with Gasteiger partial charge in [0.2, 0.25) is 0 Å². The number of carboxylic acid groups (broad SMARTS) is 1. The average Bonchev–Trinajstić information content (AvgIpc) is 2.28. The Hall–Kier alpha value is -1.26. The van der Waals surface area contributed by atoms with Gasteiger partial charge in [0.1, 0.15) is 6.54 Å². The highest BCUT2D eigenvalue weighted by molar-refractivity contribution is 5.83. The number of rotatable bonds is 2. The lowest BCUT2D eigenvalue weighted by atomic mass is 10.3. The van der Waals surface area contributed by atoms with E-state index in [4.69, 9.17) is 5.11 Å². The normalized spacial score (nSPS) is 17.2. The van der Waals surface area contributed by atoms with Crippen molar-refractivity contribution >= 4 is 11.9 Å². The Labute approximate surface area is 70.9 Å².